The topological polar surface area (TPSA) is 56.3 Å². The molecule has 0 spiro atoms. The summed E-state index contributed by atoms with van der Waals surface area (Å²) in [6.45, 7) is 13.2. The predicted octanol–water partition coefficient (Wildman–Crippen LogP) is 2.97. The number of rotatable bonds is 4. The summed E-state index contributed by atoms with van der Waals surface area (Å²) in [5.74, 6) is 0.211. The first kappa shape index (κ1) is 23.4. The fraction of sp³-hybridized carbons (Fsp3) is 0.667. The Morgan fingerprint density at radius 1 is 1.06 bits per heavy atom. The molecule has 0 atom stereocenters. The van der Waals surface area contributed by atoms with Gasteiger partial charge in [-0.15, -0.1) is 0 Å². The molecule has 2 aliphatic heterocycles. The monoisotopic (exact) mass is 430 g/mol. The van der Waals surface area contributed by atoms with Crippen LogP contribution in [0.1, 0.15) is 39.2 Å². The van der Waals surface area contributed by atoms with Crippen LogP contribution < -0.4 is 4.90 Å². The van der Waals surface area contributed by atoms with Crippen molar-refractivity contribution in [2.75, 3.05) is 57.8 Å². The van der Waals surface area contributed by atoms with Crippen LogP contribution in [0.5, 0.6) is 0 Å². The first-order chi connectivity index (χ1) is 14.6. The first-order valence-electron chi connectivity index (χ1n) is 11.4. The molecule has 2 fully saturated rings. The third-order valence-corrected chi connectivity index (χ3v) is 6.14. The van der Waals surface area contributed by atoms with Crippen LogP contribution in [0.3, 0.4) is 0 Å². The highest BCUT2D eigenvalue weighted by molar-refractivity contribution is 5.78. The molecule has 1 aromatic rings. The van der Waals surface area contributed by atoms with Gasteiger partial charge < -0.3 is 19.4 Å². The van der Waals surface area contributed by atoms with Gasteiger partial charge in [0.1, 0.15) is 5.60 Å². The van der Waals surface area contributed by atoms with Crippen LogP contribution in [0.15, 0.2) is 24.3 Å². The molecular formula is C24H38N4O3. The number of piperidine rings is 1. The highest BCUT2D eigenvalue weighted by atomic mass is 16.6. The molecule has 0 saturated carbocycles. The maximum atomic E-state index is 12.8. The number of carbonyl (C=O) groups excluding carboxylic acids is 2. The van der Waals surface area contributed by atoms with E-state index >= 15 is 0 Å². The normalized spacial score (nSPS) is 18.7. The number of likely N-dealkylation sites (tertiary alicyclic amines) is 1. The van der Waals surface area contributed by atoms with Gasteiger partial charge >= 0.3 is 6.09 Å². The van der Waals surface area contributed by atoms with Crippen molar-refractivity contribution < 1.29 is 14.3 Å². The van der Waals surface area contributed by atoms with Crippen molar-refractivity contribution >= 4 is 17.7 Å². The minimum atomic E-state index is -0.484. The number of benzene rings is 1. The van der Waals surface area contributed by atoms with E-state index in [1.54, 1.807) is 4.90 Å². The third kappa shape index (κ3) is 6.60. The van der Waals surface area contributed by atoms with Crippen molar-refractivity contribution in [3.63, 3.8) is 0 Å². The van der Waals surface area contributed by atoms with E-state index in [2.05, 4.69) is 41.0 Å². The summed E-state index contributed by atoms with van der Waals surface area (Å²) in [5, 5.41) is 0. The van der Waals surface area contributed by atoms with E-state index in [-0.39, 0.29) is 18.0 Å². The summed E-state index contributed by atoms with van der Waals surface area (Å²) in [4.78, 5) is 33.4. The van der Waals surface area contributed by atoms with Gasteiger partial charge in [-0.1, -0.05) is 12.1 Å². The quantitative estimate of drug-likeness (QED) is 0.735. The van der Waals surface area contributed by atoms with Gasteiger partial charge in [0.25, 0.3) is 0 Å². The third-order valence-electron chi connectivity index (χ3n) is 6.14. The predicted molar refractivity (Wildman–Crippen MR) is 123 cm³/mol. The number of nitrogens with zero attached hydrogens (tertiary/aromatic N) is 4. The molecular weight excluding hydrogens is 392 g/mol. The fourth-order valence-electron chi connectivity index (χ4n) is 4.28. The average Bonchev–Trinajstić information content (AvgIpc) is 2.72. The number of ether oxygens (including phenoxy) is 1. The maximum absolute atomic E-state index is 12.8. The van der Waals surface area contributed by atoms with E-state index in [0.717, 1.165) is 52.1 Å². The van der Waals surface area contributed by atoms with Crippen molar-refractivity contribution in [1.29, 1.82) is 0 Å². The van der Waals surface area contributed by atoms with Crippen LogP contribution in [0.2, 0.25) is 0 Å². The molecule has 3 rings (SSSR count). The van der Waals surface area contributed by atoms with Gasteiger partial charge in [0.05, 0.1) is 6.54 Å². The molecule has 0 unspecified atom stereocenters. The zero-order valence-electron chi connectivity index (χ0n) is 19.8. The summed E-state index contributed by atoms with van der Waals surface area (Å²) in [6, 6.07) is 8.71. The standard InChI is InChI=1S/C24H38N4O3/c1-19-7-6-8-21(17-19)27-13-15-28(16-14-27)22(29)18-26-11-9-20(10-12-26)25(5)23(30)31-24(2,3)4/h6-8,17,20H,9-16,18H2,1-5H3. The molecule has 7 nitrogen and oxygen atoms in total. The van der Waals surface area contributed by atoms with Crippen molar-refractivity contribution in [3.8, 4) is 0 Å². The Kier molecular flexibility index (Phi) is 7.46. The Labute approximate surface area is 186 Å². The number of hydrogen-bond acceptors (Lipinski definition) is 5. The Balaban J connectivity index is 1.41. The van der Waals surface area contributed by atoms with Crippen LogP contribution in [0.25, 0.3) is 0 Å². The second-order valence-electron chi connectivity index (χ2n) is 9.81. The van der Waals surface area contributed by atoms with Gasteiger partial charge in [-0.25, -0.2) is 4.79 Å². The van der Waals surface area contributed by atoms with Gasteiger partial charge in [-0.05, 0) is 58.2 Å². The van der Waals surface area contributed by atoms with Crippen molar-refractivity contribution in [3.05, 3.63) is 29.8 Å². The molecule has 2 aliphatic rings. The van der Waals surface area contributed by atoms with Crippen LogP contribution in [0.4, 0.5) is 10.5 Å². The zero-order chi connectivity index (χ0) is 22.6. The molecule has 0 aromatic heterocycles. The zero-order valence-corrected chi connectivity index (χ0v) is 19.8. The van der Waals surface area contributed by atoms with Crippen LogP contribution in [-0.4, -0.2) is 91.2 Å². The second kappa shape index (κ2) is 9.90. The maximum Gasteiger partial charge on any atom is 0.410 e. The lowest BCUT2D eigenvalue weighted by molar-refractivity contribution is -0.133. The Morgan fingerprint density at radius 2 is 1.71 bits per heavy atom. The number of hydrogen-bond donors (Lipinski definition) is 0. The smallest absolute Gasteiger partial charge is 0.410 e. The number of carbonyl (C=O) groups is 2. The fourth-order valence-corrected chi connectivity index (χ4v) is 4.28. The Bertz CT molecular complexity index is 760. The molecule has 7 heteroatoms. The highest BCUT2D eigenvalue weighted by Gasteiger charge is 2.30. The molecule has 172 valence electrons. The second-order valence-corrected chi connectivity index (χ2v) is 9.81. The lowest BCUT2D eigenvalue weighted by Crippen LogP contribution is -2.53. The summed E-state index contributed by atoms with van der Waals surface area (Å²) in [5.41, 5.74) is 2.02. The largest absolute Gasteiger partial charge is 0.444 e. The number of anilines is 1. The van der Waals surface area contributed by atoms with E-state index < -0.39 is 5.60 Å². The molecule has 0 aliphatic carbocycles. The molecule has 0 N–H and O–H groups in total. The average molecular weight is 431 g/mol. The molecule has 0 bridgehead atoms. The number of amides is 2. The van der Waals surface area contributed by atoms with E-state index in [0.29, 0.717) is 6.54 Å². The van der Waals surface area contributed by atoms with Crippen molar-refractivity contribution in [1.82, 2.24) is 14.7 Å². The number of piperazine rings is 1. The SMILES string of the molecule is Cc1cccc(N2CCN(C(=O)CN3CCC(N(C)C(=O)OC(C)(C)C)CC3)CC2)c1. The van der Waals surface area contributed by atoms with E-state index in [1.807, 2.05) is 32.7 Å². The molecule has 2 amide bonds. The summed E-state index contributed by atoms with van der Waals surface area (Å²) < 4.78 is 5.48. The van der Waals surface area contributed by atoms with Gasteiger partial charge in [0.2, 0.25) is 5.91 Å². The van der Waals surface area contributed by atoms with Gasteiger partial charge in [-0.3, -0.25) is 9.69 Å². The molecule has 2 saturated heterocycles. The summed E-state index contributed by atoms with van der Waals surface area (Å²) in [7, 11) is 1.81. The molecule has 2 heterocycles. The van der Waals surface area contributed by atoms with Gasteiger partial charge in [-0.2, -0.15) is 0 Å². The van der Waals surface area contributed by atoms with Crippen LogP contribution in [0, 0.1) is 6.92 Å². The van der Waals surface area contributed by atoms with Crippen molar-refractivity contribution in [2.24, 2.45) is 0 Å². The molecule has 31 heavy (non-hydrogen) atoms. The highest BCUT2D eigenvalue weighted by Crippen LogP contribution is 2.20. The van der Waals surface area contributed by atoms with Gasteiger partial charge in [0, 0.05) is 58.0 Å². The Morgan fingerprint density at radius 3 is 2.29 bits per heavy atom. The lowest BCUT2D eigenvalue weighted by atomic mass is 10.0. The first-order valence-corrected chi connectivity index (χ1v) is 11.4. The van der Waals surface area contributed by atoms with Crippen molar-refractivity contribution in [2.45, 2.75) is 52.2 Å². The minimum Gasteiger partial charge on any atom is -0.444 e. The van der Waals surface area contributed by atoms with E-state index in [1.165, 1.54) is 11.3 Å². The van der Waals surface area contributed by atoms with Gasteiger partial charge in [0.15, 0.2) is 0 Å². The Hall–Kier alpha value is -2.28. The van der Waals surface area contributed by atoms with Crippen LogP contribution >= 0.6 is 0 Å². The van der Waals surface area contributed by atoms with Crippen LogP contribution in [-0.2, 0) is 9.53 Å². The molecule has 1 aromatic carbocycles. The summed E-state index contributed by atoms with van der Waals surface area (Å²) >= 11 is 0. The lowest BCUT2D eigenvalue weighted by Gasteiger charge is -2.39. The van der Waals surface area contributed by atoms with E-state index in [9.17, 15) is 9.59 Å². The number of aryl methyl sites for hydroxylation is 1. The summed E-state index contributed by atoms with van der Waals surface area (Å²) in [6.07, 6.45) is 1.46. The molecule has 0 radical (unpaired) electrons. The minimum absolute atomic E-state index is 0.166. The van der Waals surface area contributed by atoms with E-state index in [4.69, 9.17) is 4.74 Å².